The van der Waals surface area contributed by atoms with E-state index in [1.165, 1.54) is 0 Å². The summed E-state index contributed by atoms with van der Waals surface area (Å²) in [6.07, 6.45) is 3.68. The fourth-order valence-corrected chi connectivity index (χ4v) is 2.37. The van der Waals surface area contributed by atoms with Crippen LogP contribution in [-0.4, -0.2) is 40.8 Å². The van der Waals surface area contributed by atoms with E-state index >= 15 is 0 Å². The Morgan fingerprint density at radius 1 is 1.17 bits per heavy atom. The molecule has 0 saturated carbocycles. The predicted molar refractivity (Wildman–Crippen MR) is 89.8 cm³/mol. The number of fused-ring (bicyclic) bond motifs is 1. The molecule has 24 heavy (non-hydrogen) atoms. The van der Waals surface area contributed by atoms with E-state index < -0.39 is 0 Å². The van der Waals surface area contributed by atoms with Gasteiger partial charge in [-0.2, -0.15) is 0 Å². The lowest BCUT2D eigenvalue weighted by atomic mass is 10.3. The molecule has 2 N–H and O–H groups in total. The third-order valence-corrected chi connectivity index (χ3v) is 3.56. The van der Waals surface area contributed by atoms with E-state index in [9.17, 15) is 14.4 Å². The van der Waals surface area contributed by atoms with Crippen molar-refractivity contribution >= 4 is 22.9 Å². The number of pyridine rings is 1. The summed E-state index contributed by atoms with van der Waals surface area (Å²) >= 11 is 0. The van der Waals surface area contributed by atoms with Crippen LogP contribution in [-0.2, 0) is 23.1 Å². The molecule has 2 rings (SSSR count). The number of amides is 2. The van der Waals surface area contributed by atoms with Gasteiger partial charge in [-0.25, -0.2) is 4.79 Å². The number of esters is 1. The van der Waals surface area contributed by atoms with Crippen molar-refractivity contribution in [2.45, 2.75) is 19.9 Å². The normalized spacial score (nSPS) is 10.6. The summed E-state index contributed by atoms with van der Waals surface area (Å²) in [5, 5.41) is 6.11. The molecule has 0 spiro atoms. The molecule has 8 nitrogen and oxygen atoms in total. The molecular weight excluding hydrogens is 312 g/mol. The van der Waals surface area contributed by atoms with Gasteiger partial charge in [0.05, 0.1) is 13.0 Å². The summed E-state index contributed by atoms with van der Waals surface area (Å²) in [7, 11) is 1.82. The molecule has 0 aromatic carbocycles. The molecule has 130 valence electrons. The molecule has 0 atom stereocenters. The van der Waals surface area contributed by atoms with Gasteiger partial charge in [-0.15, -0.1) is 0 Å². The molecule has 0 aliphatic rings. The average Bonchev–Trinajstić information content (AvgIpc) is 2.92. The Hall–Kier alpha value is -2.77. The molecule has 2 aromatic heterocycles. The summed E-state index contributed by atoms with van der Waals surface area (Å²) in [4.78, 5) is 35.1. The molecule has 2 amide bonds. The van der Waals surface area contributed by atoms with Crippen LogP contribution >= 0.6 is 0 Å². The summed E-state index contributed by atoms with van der Waals surface area (Å²) < 4.78 is 8.10. The van der Waals surface area contributed by atoms with Gasteiger partial charge in [0, 0.05) is 44.5 Å². The molecule has 0 aliphatic heterocycles. The number of carbonyl (C=O) groups is 2. The summed E-state index contributed by atoms with van der Waals surface area (Å²) in [6, 6.07) is 3.37. The number of ether oxygens (including phenoxy) is 1. The minimum absolute atomic E-state index is 0.0930. The second-order valence-corrected chi connectivity index (χ2v) is 5.28. The van der Waals surface area contributed by atoms with E-state index in [-0.39, 0.29) is 30.5 Å². The second-order valence-electron chi connectivity index (χ2n) is 5.28. The summed E-state index contributed by atoms with van der Waals surface area (Å²) in [6.45, 7) is 2.93. The van der Waals surface area contributed by atoms with E-state index in [2.05, 4.69) is 10.6 Å². The van der Waals surface area contributed by atoms with Crippen molar-refractivity contribution in [3.05, 3.63) is 34.9 Å². The quantitative estimate of drug-likeness (QED) is 0.725. The van der Waals surface area contributed by atoms with Crippen LogP contribution in [0.4, 0.5) is 4.79 Å². The molecule has 0 radical (unpaired) electrons. The highest BCUT2D eigenvalue weighted by atomic mass is 16.5. The maximum absolute atomic E-state index is 12.4. The Morgan fingerprint density at radius 3 is 2.62 bits per heavy atom. The highest BCUT2D eigenvalue weighted by Gasteiger charge is 2.07. The fraction of sp³-hybridized carbons (Fsp3) is 0.438. The van der Waals surface area contributed by atoms with Crippen LogP contribution in [0.5, 0.6) is 0 Å². The van der Waals surface area contributed by atoms with Gasteiger partial charge in [-0.3, -0.25) is 9.59 Å². The van der Waals surface area contributed by atoms with Gasteiger partial charge in [0.2, 0.25) is 0 Å². The highest BCUT2D eigenvalue weighted by Crippen LogP contribution is 2.09. The molecule has 0 unspecified atom stereocenters. The number of hydrogen-bond acceptors (Lipinski definition) is 4. The molecule has 0 bridgehead atoms. The Morgan fingerprint density at radius 2 is 1.88 bits per heavy atom. The largest absolute Gasteiger partial charge is 0.466 e. The van der Waals surface area contributed by atoms with Crippen LogP contribution in [0.1, 0.15) is 13.3 Å². The molecule has 8 heteroatoms. The Labute approximate surface area is 139 Å². The van der Waals surface area contributed by atoms with Gasteiger partial charge in [0.15, 0.2) is 0 Å². The summed E-state index contributed by atoms with van der Waals surface area (Å²) in [5.41, 5.74) is 0.543. The number of carbonyl (C=O) groups excluding carboxylic acids is 2. The van der Waals surface area contributed by atoms with Gasteiger partial charge < -0.3 is 24.5 Å². The smallest absolute Gasteiger partial charge is 0.314 e. The van der Waals surface area contributed by atoms with Crippen molar-refractivity contribution in [1.29, 1.82) is 0 Å². The fourth-order valence-electron chi connectivity index (χ4n) is 2.37. The van der Waals surface area contributed by atoms with E-state index in [1.54, 1.807) is 22.3 Å². The lowest BCUT2D eigenvalue weighted by Gasteiger charge is -2.09. The van der Waals surface area contributed by atoms with E-state index in [0.29, 0.717) is 25.2 Å². The number of aromatic nitrogens is 2. The second kappa shape index (κ2) is 8.19. The van der Waals surface area contributed by atoms with Gasteiger partial charge in [-0.1, -0.05) is 0 Å². The predicted octanol–water partition coefficient (Wildman–Crippen LogP) is 0.592. The van der Waals surface area contributed by atoms with Crippen LogP contribution in [0.25, 0.3) is 10.9 Å². The zero-order chi connectivity index (χ0) is 17.5. The highest BCUT2D eigenvalue weighted by molar-refractivity contribution is 5.78. The Kier molecular flexibility index (Phi) is 6.00. The number of urea groups is 1. The van der Waals surface area contributed by atoms with Gasteiger partial charge in [0.1, 0.15) is 5.52 Å². The van der Waals surface area contributed by atoms with Gasteiger partial charge in [-0.05, 0) is 19.1 Å². The van der Waals surface area contributed by atoms with Crippen molar-refractivity contribution in [1.82, 2.24) is 19.8 Å². The van der Waals surface area contributed by atoms with Crippen molar-refractivity contribution in [3.63, 3.8) is 0 Å². The molecule has 2 heterocycles. The van der Waals surface area contributed by atoms with Crippen LogP contribution in [0.2, 0.25) is 0 Å². The van der Waals surface area contributed by atoms with Crippen LogP contribution in [0.15, 0.2) is 29.3 Å². The molecule has 2 aromatic rings. The topological polar surface area (TPSA) is 94.4 Å². The number of nitrogens with one attached hydrogen (secondary N) is 2. The first-order valence-corrected chi connectivity index (χ1v) is 7.84. The average molecular weight is 334 g/mol. The molecule has 0 fully saturated rings. The lowest BCUT2D eigenvalue weighted by molar-refractivity contribution is -0.142. The van der Waals surface area contributed by atoms with Crippen molar-refractivity contribution in [2.24, 2.45) is 7.05 Å². The first kappa shape index (κ1) is 17.6. The SMILES string of the molecule is CCOC(=O)CCNC(=O)NCCn1ccc2ccn(C)c2c1=O. The number of hydrogen-bond donors (Lipinski definition) is 2. The standard InChI is InChI=1S/C16H22N4O4/c1-3-24-13(21)4-7-17-16(23)18-8-11-20-10-6-12-5-9-19(2)14(12)15(20)22/h5-6,9-10H,3-4,7-8,11H2,1-2H3,(H2,17,18,23). The number of rotatable bonds is 7. The summed E-state index contributed by atoms with van der Waals surface area (Å²) in [5.74, 6) is -0.347. The number of nitrogens with zero attached hydrogens (tertiary/aromatic N) is 2. The monoisotopic (exact) mass is 334 g/mol. The molecule has 0 saturated heterocycles. The van der Waals surface area contributed by atoms with Crippen LogP contribution in [0, 0.1) is 0 Å². The zero-order valence-corrected chi connectivity index (χ0v) is 13.9. The maximum atomic E-state index is 12.4. The van der Waals surface area contributed by atoms with Gasteiger partial charge in [0.25, 0.3) is 5.56 Å². The Balaban J connectivity index is 1.79. The van der Waals surface area contributed by atoms with Crippen molar-refractivity contribution in [2.75, 3.05) is 19.7 Å². The van der Waals surface area contributed by atoms with E-state index in [4.69, 9.17) is 4.74 Å². The first-order chi connectivity index (χ1) is 11.5. The third kappa shape index (κ3) is 4.37. The minimum Gasteiger partial charge on any atom is -0.466 e. The molecule has 0 aliphatic carbocycles. The maximum Gasteiger partial charge on any atom is 0.314 e. The molecular formula is C16H22N4O4. The zero-order valence-electron chi connectivity index (χ0n) is 13.9. The van der Waals surface area contributed by atoms with Gasteiger partial charge >= 0.3 is 12.0 Å². The van der Waals surface area contributed by atoms with Crippen molar-refractivity contribution < 1.29 is 14.3 Å². The first-order valence-electron chi connectivity index (χ1n) is 7.84. The van der Waals surface area contributed by atoms with E-state index in [0.717, 1.165) is 5.39 Å². The number of aryl methyl sites for hydroxylation is 1. The Bertz CT molecular complexity index is 778. The van der Waals surface area contributed by atoms with E-state index in [1.807, 2.05) is 25.4 Å². The van der Waals surface area contributed by atoms with Crippen molar-refractivity contribution in [3.8, 4) is 0 Å². The van der Waals surface area contributed by atoms with Crippen LogP contribution in [0.3, 0.4) is 0 Å². The minimum atomic E-state index is -0.382. The van der Waals surface area contributed by atoms with Crippen LogP contribution < -0.4 is 16.2 Å². The third-order valence-electron chi connectivity index (χ3n) is 3.56. The lowest BCUT2D eigenvalue weighted by Crippen LogP contribution is -2.39.